The summed E-state index contributed by atoms with van der Waals surface area (Å²) in [5.41, 5.74) is 1.55. The van der Waals surface area contributed by atoms with E-state index in [-0.39, 0.29) is 0 Å². The lowest BCUT2D eigenvalue weighted by Crippen LogP contribution is -2.33. The molecule has 2 rings (SSSR count). The molecule has 0 aromatic heterocycles. The van der Waals surface area contributed by atoms with Gasteiger partial charge in [0.1, 0.15) is 0 Å². The Morgan fingerprint density at radius 2 is 1.26 bits per heavy atom. The summed E-state index contributed by atoms with van der Waals surface area (Å²) in [6.45, 7) is 3.77. The van der Waals surface area contributed by atoms with E-state index >= 15 is 0 Å². The first kappa shape index (κ1) is 13.6. The number of rotatable bonds is 6. The normalized spacial score (nSPS) is 11.2. The van der Waals surface area contributed by atoms with Gasteiger partial charge in [0, 0.05) is 12.8 Å². The molecule has 0 fully saturated rings. The lowest BCUT2D eigenvalue weighted by Gasteiger charge is -2.27. The zero-order chi connectivity index (χ0) is 13.6. The van der Waals surface area contributed by atoms with Gasteiger partial charge in [-0.3, -0.25) is 0 Å². The van der Waals surface area contributed by atoms with Gasteiger partial charge < -0.3 is 5.11 Å². The third-order valence-corrected chi connectivity index (χ3v) is 3.28. The molecule has 0 heterocycles. The fourth-order valence-electron chi connectivity index (χ4n) is 2.43. The van der Waals surface area contributed by atoms with Crippen molar-refractivity contribution in [2.45, 2.75) is 24.9 Å². The Morgan fingerprint density at radius 3 is 1.63 bits per heavy atom. The molecule has 0 aliphatic heterocycles. The first-order valence-corrected chi connectivity index (χ1v) is 6.63. The summed E-state index contributed by atoms with van der Waals surface area (Å²) in [5.74, 6) is 0. The predicted molar refractivity (Wildman–Crippen MR) is 80.1 cm³/mol. The largest absolute Gasteiger partial charge is 0.389 e. The summed E-state index contributed by atoms with van der Waals surface area (Å²) >= 11 is 0. The van der Waals surface area contributed by atoms with E-state index in [2.05, 4.69) is 30.8 Å². The van der Waals surface area contributed by atoms with Crippen LogP contribution in [0.3, 0.4) is 0 Å². The summed E-state index contributed by atoms with van der Waals surface area (Å²) in [6.07, 6.45) is 3.69. The van der Waals surface area contributed by atoms with Crippen LogP contribution < -0.4 is 0 Å². The summed E-state index contributed by atoms with van der Waals surface area (Å²) in [6, 6.07) is 20.2. The second kappa shape index (κ2) is 6.35. The van der Waals surface area contributed by atoms with Gasteiger partial charge in [-0.1, -0.05) is 66.7 Å². The van der Waals surface area contributed by atoms with Gasteiger partial charge in [0.25, 0.3) is 0 Å². The van der Waals surface area contributed by atoms with Gasteiger partial charge in [0.05, 0.1) is 5.60 Å². The van der Waals surface area contributed by atoms with Crippen molar-refractivity contribution in [2.75, 3.05) is 0 Å². The van der Waals surface area contributed by atoms with Crippen LogP contribution in [-0.4, -0.2) is 10.7 Å². The SMILES string of the molecule is C=CCC(O)(Cc1ccccc1)Cc1ccccc1. The molecule has 19 heavy (non-hydrogen) atoms. The van der Waals surface area contributed by atoms with Crippen LogP contribution in [-0.2, 0) is 12.8 Å². The van der Waals surface area contributed by atoms with E-state index in [1.165, 1.54) is 0 Å². The first-order valence-electron chi connectivity index (χ1n) is 6.63. The minimum atomic E-state index is -0.759. The standard InChI is InChI=1S/C18H20O/c1-2-13-18(19,14-16-9-5-3-6-10-16)15-17-11-7-4-8-12-17/h2-12,19H,1,13-15H2. The fraction of sp³-hybridized carbons (Fsp3) is 0.222. The van der Waals surface area contributed by atoms with Crippen LogP contribution in [0.2, 0.25) is 0 Å². The van der Waals surface area contributed by atoms with E-state index in [4.69, 9.17) is 0 Å². The topological polar surface area (TPSA) is 20.2 Å². The monoisotopic (exact) mass is 252 g/mol. The van der Waals surface area contributed by atoms with Gasteiger partial charge in [-0.25, -0.2) is 0 Å². The van der Waals surface area contributed by atoms with Crippen molar-refractivity contribution in [3.63, 3.8) is 0 Å². The molecule has 1 N–H and O–H groups in total. The molecule has 0 radical (unpaired) electrons. The number of hydrogen-bond donors (Lipinski definition) is 1. The second-order valence-electron chi connectivity index (χ2n) is 5.04. The van der Waals surface area contributed by atoms with Gasteiger partial charge in [-0.15, -0.1) is 6.58 Å². The fourth-order valence-corrected chi connectivity index (χ4v) is 2.43. The molecule has 0 amide bonds. The minimum absolute atomic E-state index is 0.594. The third kappa shape index (κ3) is 4.08. The highest BCUT2D eigenvalue weighted by Crippen LogP contribution is 2.23. The first-order chi connectivity index (χ1) is 9.22. The molecule has 0 saturated carbocycles. The Balaban J connectivity index is 2.15. The molecule has 0 aliphatic rings. The van der Waals surface area contributed by atoms with Crippen molar-refractivity contribution < 1.29 is 5.11 Å². The summed E-state index contributed by atoms with van der Waals surface area (Å²) in [5, 5.41) is 10.8. The van der Waals surface area contributed by atoms with E-state index in [1.54, 1.807) is 6.08 Å². The van der Waals surface area contributed by atoms with Crippen LogP contribution in [0.5, 0.6) is 0 Å². The van der Waals surface area contributed by atoms with E-state index < -0.39 is 5.60 Å². The van der Waals surface area contributed by atoms with Crippen LogP contribution in [0.4, 0.5) is 0 Å². The Hall–Kier alpha value is -1.86. The summed E-state index contributed by atoms with van der Waals surface area (Å²) < 4.78 is 0. The molecule has 0 unspecified atom stereocenters. The Morgan fingerprint density at radius 1 is 0.842 bits per heavy atom. The van der Waals surface area contributed by atoms with Gasteiger partial charge in [-0.05, 0) is 17.5 Å². The molecule has 0 atom stereocenters. The highest BCUT2D eigenvalue weighted by Gasteiger charge is 2.26. The second-order valence-corrected chi connectivity index (χ2v) is 5.04. The van der Waals surface area contributed by atoms with E-state index in [0.717, 1.165) is 11.1 Å². The molecule has 0 bridgehead atoms. The maximum Gasteiger partial charge on any atom is 0.0762 e. The van der Waals surface area contributed by atoms with Crippen molar-refractivity contribution in [1.82, 2.24) is 0 Å². The van der Waals surface area contributed by atoms with Crippen LogP contribution >= 0.6 is 0 Å². The third-order valence-electron chi connectivity index (χ3n) is 3.28. The quantitative estimate of drug-likeness (QED) is 0.776. The van der Waals surface area contributed by atoms with Crippen molar-refractivity contribution in [3.05, 3.63) is 84.4 Å². The lowest BCUT2D eigenvalue weighted by molar-refractivity contribution is 0.0439. The molecule has 2 aromatic rings. The molecular formula is C18H20O. The Kier molecular flexibility index (Phi) is 4.53. The Bertz CT molecular complexity index is 460. The molecular weight excluding hydrogens is 232 g/mol. The van der Waals surface area contributed by atoms with Crippen LogP contribution in [0.25, 0.3) is 0 Å². The molecule has 98 valence electrons. The van der Waals surface area contributed by atoms with Crippen molar-refractivity contribution in [1.29, 1.82) is 0 Å². The number of hydrogen-bond acceptors (Lipinski definition) is 1. The molecule has 2 aromatic carbocycles. The van der Waals surface area contributed by atoms with Gasteiger partial charge in [0.15, 0.2) is 0 Å². The zero-order valence-electron chi connectivity index (χ0n) is 11.1. The smallest absolute Gasteiger partial charge is 0.0762 e. The van der Waals surface area contributed by atoms with E-state index in [0.29, 0.717) is 19.3 Å². The number of aliphatic hydroxyl groups is 1. The lowest BCUT2D eigenvalue weighted by atomic mass is 9.85. The van der Waals surface area contributed by atoms with Crippen molar-refractivity contribution in [2.24, 2.45) is 0 Å². The average Bonchev–Trinajstić information content (AvgIpc) is 2.41. The maximum atomic E-state index is 10.8. The molecule has 1 nitrogen and oxygen atoms in total. The molecule has 1 heteroatoms. The highest BCUT2D eigenvalue weighted by atomic mass is 16.3. The summed E-state index contributed by atoms with van der Waals surface area (Å²) in [4.78, 5) is 0. The minimum Gasteiger partial charge on any atom is -0.389 e. The van der Waals surface area contributed by atoms with Crippen molar-refractivity contribution in [3.8, 4) is 0 Å². The van der Waals surface area contributed by atoms with Crippen molar-refractivity contribution >= 4 is 0 Å². The zero-order valence-corrected chi connectivity index (χ0v) is 11.1. The average molecular weight is 252 g/mol. The van der Waals surface area contributed by atoms with Crippen LogP contribution in [0, 0.1) is 0 Å². The highest BCUT2D eigenvalue weighted by molar-refractivity contribution is 5.22. The van der Waals surface area contributed by atoms with Crippen LogP contribution in [0.15, 0.2) is 73.3 Å². The Labute approximate surface area is 115 Å². The van der Waals surface area contributed by atoms with Gasteiger partial charge >= 0.3 is 0 Å². The predicted octanol–water partition coefficient (Wildman–Crippen LogP) is 3.78. The number of benzene rings is 2. The van der Waals surface area contributed by atoms with Crippen LogP contribution in [0.1, 0.15) is 17.5 Å². The molecule has 0 saturated heterocycles. The maximum absolute atomic E-state index is 10.8. The van der Waals surface area contributed by atoms with E-state index in [9.17, 15) is 5.11 Å². The van der Waals surface area contributed by atoms with Gasteiger partial charge in [-0.2, -0.15) is 0 Å². The molecule has 0 spiro atoms. The molecule has 0 aliphatic carbocycles. The summed E-state index contributed by atoms with van der Waals surface area (Å²) in [7, 11) is 0. The van der Waals surface area contributed by atoms with E-state index in [1.807, 2.05) is 36.4 Å². The van der Waals surface area contributed by atoms with Gasteiger partial charge in [0.2, 0.25) is 0 Å².